The quantitative estimate of drug-likeness (QED) is 0.649. The van der Waals surface area contributed by atoms with Gasteiger partial charge in [-0.3, -0.25) is 9.59 Å². The van der Waals surface area contributed by atoms with E-state index in [1.807, 2.05) is 23.1 Å². The van der Waals surface area contributed by atoms with Crippen molar-refractivity contribution in [3.05, 3.63) is 64.5 Å². The maximum atomic E-state index is 13.0. The van der Waals surface area contributed by atoms with E-state index in [0.717, 1.165) is 37.2 Å². The van der Waals surface area contributed by atoms with Crippen LogP contribution in [0, 0.1) is 0 Å². The van der Waals surface area contributed by atoms with Crippen LogP contribution >= 0.6 is 11.3 Å². The lowest BCUT2D eigenvalue weighted by Gasteiger charge is -2.32. The summed E-state index contributed by atoms with van der Waals surface area (Å²) < 4.78 is 6.77. The molecule has 0 spiro atoms. The van der Waals surface area contributed by atoms with Gasteiger partial charge >= 0.3 is 0 Å². The number of Topliss-reactive ketones (excluding diaryl/α,β-unsaturated/α-hetero) is 1. The van der Waals surface area contributed by atoms with Crippen LogP contribution in [0.5, 0.6) is 5.75 Å². The fourth-order valence-electron chi connectivity index (χ4n) is 4.30. The van der Waals surface area contributed by atoms with E-state index in [2.05, 4.69) is 29.6 Å². The SMILES string of the molecule is O=C1COc2ccc(C(=O)N3CCC(c4csc5ccccc45)CC3)cc2C1. The molecule has 4 nitrogen and oxygen atoms in total. The molecule has 142 valence electrons. The van der Waals surface area contributed by atoms with Gasteiger partial charge in [0.15, 0.2) is 5.78 Å². The Morgan fingerprint density at radius 1 is 1.11 bits per heavy atom. The number of hydrogen-bond acceptors (Lipinski definition) is 4. The highest BCUT2D eigenvalue weighted by atomic mass is 32.1. The van der Waals surface area contributed by atoms with E-state index in [1.54, 1.807) is 11.3 Å². The number of ether oxygens (including phenoxy) is 1. The first kappa shape index (κ1) is 17.4. The number of benzene rings is 2. The van der Waals surface area contributed by atoms with Gasteiger partial charge in [0.25, 0.3) is 5.91 Å². The third-order valence-electron chi connectivity index (χ3n) is 5.82. The van der Waals surface area contributed by atoms with Gasteiger partial charge < -0.3 is 9.64 Å². The molecular formula is C23H21NO3S. The highest BCUT2D eigenvalue weighted by molar-refractivity contribution is 7.17. The van der Waals surface area contributed by atoms with Crippen molar-refractivity contribution < 1.29 is 14.3 Å². The van der Waals surface area contributed by atoms with Gasteiger partial charge in [-0.2, -0.15) is 0 Å². The molecule has 0 radical (unpaired) electrons. The highest BCUT2D eigenvalue weighted by Crippen LogP contribution is 2.37. The second-order valence-corrected chi connectivity index (χ2v) is 8.49. The summed E-state index contributed by atoms with van der Waals surface area (Å²) in [5.41, 5.74) is 2.90. The van der Waals surface area contributed by atoms with Crippen molar-refractivity contribution in [3.8, 4) is 5.75 Å². The maximum absolute atomic E-state index is 13.0. The number of carbonyl (C=O) groups excluding carboxylic acids is 2. The van der Waals surface area contributed by atoms with Crippen molar-refractivity contribution in [2.24, 2.45) is 0 Å². The molecule has 2 aliphatic rings. The Hall–Kier alpha value is -2.66. The molecule has 0 bridgehead atoms. The summed E-state index contributed by atoms with van der Waals surface area (Å²) >= 11 is 1.80. The van der Waals surface area contributed by atoms with Crippen molar-refractivity contribution in [2.75, 3.05) is 19.7 Å². The fourth-order valence-corrected chi connectivity index (χ4v) is 5.35. The molecule has 1 amide bonds. The largest absolute Gasteiger partial charge is 0.486 e. The maximum Gasteiger partial charge on any atom is 0.253 e. The minimum absolute atomic E-state index is 0.0504. The molecule has 1 saturated heterocycles. The van der Waals surface area contributed by atoms with Gasteiger partial charge in [0, 0.05) is 35.3 Å². The number of hydrogen-bond donors (Lipinski definition) is 0. The third kappa shape index (κ3) is 3.10. The van der Waals surface area contributed by atoms with Gasteiger partial charge in [-0.1, -0.05) is 18.2 Å². The zero-order valence-electron chi connectivity index (χ0n) is 15.5. The Balaban J connectivity index is 1.30. The Labute approximate surface area is 167 Å². The minimum Gasteiger partial charge on any atom is -0.486 e. The van der Waals surface area contributed by atoms with E-state index >= 15 is 0 Å². The number of likely N-dealkylation sites (tertiary alicyclic amines) is 1. The number of rotatable bonds is 2. The highest BCUT2D eigenvalue weighted by Gasteiger charge is 2.27. The predicted octanol–water partition coefficient (Wildman–Crippen LogP) is 4.43. The van der Waals surface area contributed by atoms with Gasteiger partial charge in [-0.05, 0) is 59.4 Å². The molecule has 0 saturated carbocycles. The minimum atomic E-state index is 0.0504. The first-order valence-electron chi connectivity index (χ1n) is 9.72. The molecule has 0 aliphatic carbocycles. The van der Waals surface area contributed by atoms with E-state index in [1.165, 1.54) is 15.6 Å². The summed E-state index contributed by atoms with van der Waals surface area (Å²) in [6.07, 6.45) is 2.32. The first-order chi connectivity index (χ1) is 13.7. The van der Waals surface area contributed by atoms with Crippen molar-refractivity contribution in [3.63, 3.8) is 0 Å². The Morgan fingerprint density at radius 2 is 1.93 bits per heavy atom. The van der Waals surface area contributed by atoms with E-state index in [-0.39, 0.29) is 18.3 Å². The van der Waals surface area contributed by atoms with Gasteiger partial charge in [-0.25, -0.2) is 0 Å². The lowest BCUT2D eigenvalue weighted by molar-refractivity contribution is -0.121. The summed E-state index contributed by atoms with van der Waals surface area (Å²) in [5.74, 6) is 1.34. The third-order valence-corrected chi connectivity index (χ3v) is 6.80. The molecular weight excluding hydrogens is 370 g/mol. The lowest BCUT2D eigenvalue weighted by atomic mass is 9.89. The molecule has 2 aromatic carbocycles. The zero-order valence-corrected chi connectivity index (χ0v) is 16.3. The summed E-state index contributed by atoms with van der Waals surface area (Å²) in [7, 11) is 0. The van der Waals surface area contributed by atoms with Gasteiger partial charge in [0.1, 0.15) is 12.4 Å². The average Bonchev–Trinajstić information content (AvgIpc) is 3.17. The number of piperidine rings is 1. The van der Waals surface area contributed by atoms with Gasteiger partial charge in [0.2, 0.25) is 0 Å². The van der Waals surface area contributed by atoms with Crippen LogP contribution in [0.2, 0.25) is 0 Å². The van der Waals surface area contributed by atoms with Crippen molar-refractivity contribution in [2.45, 2.75) is 25.2 Å². The molecule has 3 aromatic rings. The fraction of sp³-hybridized carbons (Fsp3) is 0.304. The van der Waals surface area contributed by atoms with Crippen LogP contribution in [-0.4, -0.2) is 36.3 Å². The van der Waals surface area contributed by atoms with Crippen LogP contribution in [0.3, 0.4) is 0 Å². The molecule has 28 heavy (non-hydrogen) atoms. The van der Waals surface area contributed by atoms with E-state index in [0.29, 0.717) is 17.9 Å². The summed E-state index contributed by atoms with van der Waals surface area (Å²) in [4.78, 5) is 26.5. The van der Waals surface area contributed by atoms with Crippen molar-refractivity contribution in [1.82, 2.24) is 4.90 Å². The molecule has 5 heteroatoms. The molecule has 5 rings (SSSR count). The molecule has 0 unspecified atom stereocenters. The summed E-state index contributed by atoms with van der Waals surface area (Å²) in [6.45, 7) is 1.66. The Morgan fingerprint density at radius 3 is 2.79 bits per heavy atom. The smallest absolute Gasteiger partial charge is 0.253 e. The Bertz CT molecular complexity index is 1060. The number of ketones is 1. The van der Waals surface area contributed by atoms with Crippen LogP contribution in [0.25, 0.3) is 10.1 Å². The van der Waals surface area contributed by atoms with E-state index in [4.69, 9.17) is 4.74 Å². The summed E-state index contributed by atoms with van der Waals surface area (Å²) in [6, 6.07) is 14.0. The van der Waals surface area contributed by atoms with Crippen LogP contribution < -0.4 is 4.74 Å². The van der Waals surface area contributed by atoms with Crippen LogP contribution in [0.4, 0.5) is 0 Å². The summed E-state index contributed by atoms with van der Waals surface area (Å²) in [5, 5.41) is 3.64. The number of thiophene rings is 1. The molecule has 1 fully saturated rings. The molecule has 0 atom stereocenters. The number of amides is 1. The first-order valence-corrected chi connectivity index (χ1v) is 10.6. The molecule has 2 aliphatic heterocycles. The standard InChI is InChI=1S/C23H21NO3S/c25-18-12-17-11-16(5-6-21(17)27-13-18)23(26)24-9-7-15(8-10-24)20-14-28-22-4-2-1-3-19(20)22/h1-6,11,14-15H,7-10,12-13H2. The second kappa shape index (κ2) is 7.06. The van der Waals surface area contributed by atoms with Gasteiger partial charge in [-0.15, -0.1) is 11.3 Å². The van der Waals surface area contributed by atoms with Gasteiger partial charge in [0.05, 0.1) is 0 Å². The lowest BCUT2D eigenvalue weighted by Crippen LogP contribution is -2.38. The van der Waals surface area contributed by atoms with Crippen LogP contribution in [-0.2, 0) is 11.2 Å². The van der Waals surface area contributed by atoms with Crippen molar-refractivity contribution >= 4 is 33.1 Å². The number of fused-ring (bicyclic) bond motifs is 2. The van der Waals surface area contributed by atoms with Crippen molar-refractivity contribution in [1.29, 1.82) is 0 Å². The average molecular weight is 391 g/mol. The molecule has 0 N–H and O–H groups in total. The normalized spacial score (nSPS) is 17.4. The van der Waals surface area contributed by atoms with Crippen LogP contribution in [0.15, 0.2) is 47.8 Å². The second-order valence-electron chi connectivity index (χ2n) is 7.58. The number of carbonyl (C=O) groups is 2. The van der Waals surface area contributed by atoms with Crippen LogP contribution in [0.1, 0.15) is 40.2 Å². The Kier molecular flexibility index (Phi) is 4.40. The zero-order chi connectivity index (χ0) is 19.1. The predicted molar refractivity (Wildman–Crippen MR) is 110 cm³/mol. The van der Waals surface area contributed by atoms with E-state index < -0.39 is 0 Å². The van der Waals surface area contributed by atoms with E-state index in [9.17, 15) is 9.59 Å². The monoisotopic (exact) mass is 391 g/mol. The molecule has 3 heterocycles. The number of nitrogens with zero attached hydrogens (tertiary/aromatic N) is 1. The molecule has 1 aromatic heterocycles. The topological polar surface area (TPSA) is 46.6 Å².